The Morgan fingerprint density at radius 1 is 1.04 bits per heavy atom. The number of esters is 1. The Morgan fingerprint density at radius 2 is 1.76 bits per heavy atom. The summed E-state index contributed by atoms with van der Waals surface area (Å²) >= 11 is 0. The van der Waals surface area contributed by atoms with E-state index in [1.165, 1.54) is 13.2 Å². The maximum atomic E-state index is 14.6. The third kappa shape index (κ3) is 5.96. The minimum absolute atomic E-state index is 0.135. The maximum Gasteiger partial charge on any atom is 0.310 e. The lowest BCUT2D eigenvalue weighted by Crippen LogP contribution is -2.45. The van der Waals surface area contributed by atoms with E-state index in [0.717, 1.165) is 77.1 Å². The summed E-state index contributed by atoms with van der Waals surface area (Å²) in [5, 5.41) is 0. The molecule has 8 nitrogen and oxygen atoms in total. The number of carbonyl (C=O) groups is 1. The van der Waals surface area contributed by atoms with Crippen LogP contribution >= 0.6 is 0 Å². The van der Waals surface area contributed by atoms with E-state index in [9.17, 15) is 13.6 Å². The highest BCUT2D eigenvalue weighted by atomic mass is 19.2. The fourth-order valence-corrected chi connectivity index (χ4v) is 6.61. The minimum atomic E-state index is -0.985. The number of hydrogen-bond donors (Lipinski definition) is 0. The highest BCUT2D eigenvalue weighted by molar-refractivity contribution is 5.81. The number of rotatable bonds is 2. The van der Waals surface area contributed by atoms with Gasteiger partial charge in [-0.3, -0.25) is 9.20 Å². The van der Waals surface area contributed by atoms with Crippen LogP contribution in [0, 0.1) is 32.4 Å². The molecule has 244 valence electrons. The molecule has 3 aliphatic heterocycles. The zero-order valence-corrected chi connectivity index (χ0v) is 27.3. The number of carbonyl (C=O) groups excluding carboxylic acids is 1. The molecule has 0 saturated carbocycles. The summed E-state index contributed by atoms with van der Waals surface area (Å²) in [5.74, 6) is -1.09. The van der Waals surface area contributed by atoms with E-state index < -0.39 is 17.7 Å². The first-order chi connectivity index (χ1) is 22.0. The number of benzene rings is 2. The van der Waals surface area contributed by atoms with Gasteiger partial charge >= 0.3 is 5.97 Å². The SMILES string of the molecule is COC(=O)Cc1c(C)c(C)c2nc3c(C)n2c1N1CCC(C)(CC1)OCCOC[C@H](C)Oc1cc(F)c(F)cc1-c1cccc-3c1. The zero-order valence-electron chi connectivity index (χ0n) is 27.3. The second-order valence-electron chi connectivity index (χ2n) is 12.6. The highest BCUT2D eigenvalue weighted by Crippen LogP contribution is 2.40. The van der Waals surface area contributed by atoms with Crippen LogP contribution in [0.25, 0.3) is 28.0 Å². The number of anilines is 1. The molecular formula is C36H41F2N3O5. The quantitative estimate of drug-likeness (QED) is 0.178. The topological polar surface area (TPSA) is 74.5 Å². The molecule has 0 radical (unpaired) electrons. The molecule has 0 aliphatic carbocycles. The Kier molecular flexibility index (Phi) is 8.78. The number of ether oxygens (including phenoxy) is 4. The van der Waals surface area contributed by atoms with Gasteiger partial charge in [0.05, 0.1) is 44.6 Å². The fraction of sp³-hybridized carbons (Fsp3) is 0.444. The van der Waals surface area contributed by atoms with Crippen LogP contribution in [0.2, 0.25) is 0 Å². The standard InChI is InChI=1S/C36H41F2N3O5/c1-21-20-44-14-15-45-36(5)10-12-40(13-11-36)35-27(18-32(42)43-6)22(2)23(3)34-39-33(24(4)41(34)35)26-9-7-8-25(16-26)28-17-29(37)30(38)19-31(28)46-21/h7-9,16-17,19,21H,10-15,18,20H2,1-6H3/t21-/m0/s1. The van der Waals surface area contributed by atoms with Crippen LogP contribution in [0.3, 0.4) is 0 Å². The monoisotopic (exact) mass is 633 g/mol. The molecule has 1 atom stereocenters. The van der Waals surface area contributed by atoms with Crippen LogP contribution in [-0.4, -0.2) is 67.1 Å². The normalized spacial score (nSPS) is 20.4. The number of imidazole rings is 1. The van der Waals surface area contributed by atoms with Gasteiger partial charge in [0.2, 0.25) is 0 Å². The summed E-state index contributed by atoms with van der Waals surface area (Å²) in [6.07, 6.45) is 1.30. The van der Waals surface area contributed by atoms with Crippen molar-refractivity contribution in [3.8, 4) is 28.1 Å². The number of hydrogen-bond acceptors (Lipinski definition) is 7. The number of aryl methyl sites for hydroxylation is 2. The van der Waals surface area contributed by atoms with E-state index in [1.807, 2.05) is 52.0 Å². The first-order valence-electron chi connectivity index (χ1n) is 15.8. The smallest absolute Gasteiger partial charge is 0.310 e. The molecule has 1 fully saturated rings. The third-order valence-electron chi connectivity index (χ3n) is 9.44. The molecule has 10 heteroatoms. The number of nitrogens with zero attached hydrogens (tertiary/aromatic N) is 3. The second kappa shape index (κ2) is 12.6. The van der Waals surface area contributed by atoms with Crippen molar-refractivity contribution in [1.29, 1.82) is 0 Å². The van der Waals surface area contributed by atoms with E-state index in [4.69, 9.17) is 23.9 Å². The summed E-state index contributed by atoms with van der Waals surface area (Å²) in [6, 6.07) is 9.87. The molecule has 7 rings (SSSR count). The molecule has 3 aliphatic rings. The Labute approximate surface area is 268 Å². The second-order valence-corrected chi connectivity index (χ2v) is 12.6. The molecule has 0 N–H and O–H groups in total. The Hall–Kier alpha value is -4.02. The summed E-state index contributed by atoms with van der Waals surface area (Å²) in [6.45, 7) is 12.6. The lowest BCUT2D eigenvalue weighted by atomic mass is 9.92. The minimum Gasteiger partial charge on any atom is -0.488 e. The lowest BCUT2D eigenvalue weighted by molar-refractivity contribution is -0.139. The van der Waals surface area contributed by atoms with Gasteiger partial charge in [0.15, 0.2) is 11.6 Å². The van der Waals surface area contributed by atoms with Gasteiger partial charge < -0.3 is 23.8 Å². The summed E-state index contributed by atoms with van der Waals surface area (Å²) in [7, 11) is 1.41. The Bertz CT molecular complexity index is 1790. The first-order valence-corrected chi connectivity index (χ1v) is 15.8. The average molecular weight is 634 g/mol. The summed E-state index contributed by atoms with van der Waals surface area (Å²) < 4.78 is 54.7. The van der Waals surface area contributed by atoms with Crippen molar-refractivity contribution in [1.82, 2.24) is 9.38 Å². The summed E-state index contributed by atoms with van der Waals surface area (Å²) in [4.78, 5) is 20.2. The Balaban J connectivity index is 1.57. The van der Waals surface area contributed by atoms with E-state index in [2.05, 4.69) is 16.2 Å². The maximum absolute atomic E-state index is 14.6. The van der Waals surface area contributed by atoms with Gasteiger partial charge in [0, 0.05) is 41.5 Å². The number of methoxy groups -OCH3 is 1. The van der Waals surface area contributed by atoms with Crippen molar-refractivity contribution in [2.75, 3.05) is 44.9 Å². The van der Waals surface area contributed by atoms with Crippen LogP contribution in [0.4, 0.5) is 14.6 Å². The van der Waals surface area contributed by atoms with Crippen LogP contribution in [0.15, 0.2) is 36.4 Å². The molecule has 0 spiro atoms. The third-order valence-corrected chi connectivity index (χ3v) is 9.44. The van der Waals surface area contributed by atoms with Crippen molar-refractivity contribution in [3.05, 3.63) is 70.4 Å². The van der Waals surface area contributed by atoms with E-state index in [0.29, 0.717) is 24.3 Å². The van der Waals surface area contributed by atoms with Gasteiger partial charge in [-0.2, -0.15) is 0 Å². The Morgan fingerprint density at radius 3 is 2.50 bits per heavy atom. The van der Waals surface area contributed by atoms with E-state index >= 15 is 0 Å². The molecule has 2 aromatic carbocycles. The highest BCUT2D eigenvalue weighted by Gasteiger charge is 2.34. The number of pyridine rings is 1. The molecule has 5 heterocycles. The molecule has 46 heavy (non-hydrogen) atoms. The first kappa shape index (κ1) is 31.9. The van der Waals surface area contributed by atoms with Crippen molar-refractivity contribution in [2.45, 2.75) is 65.6 Å². The predicted octanol–water partition coefficient (Wildman–Crippen LogP) is 6.76. The van der Waals surface area contributed by atoms with Crippen LogP contribution in [0.5, 0.6) is 5.75 Å². The average Bonchev–Trinajstić information content (AvgIpc) is 3.38. The van der Waals surface area contributed by atoms with Crippen LogP contribution < -0.4 is 9.64 Å². The molecule has 6 bridgehead atoms. The fourth-order valence-electron chi connectivity index (χ4n) is 6.61. The lowest BCUT2D eigenvalue weighted by Gasteiger charge is -2.41. The van der Waals surface area contributed by atoms with Gasteiger partial charge in [-0.1, -0.05) is 18.2 Å². The van der Waals surface area contributed by atoms with Crippen LogP contribution in [-0.2, 0) is 25.4 Å². The molecule has 0 unspecified atom stereocenters. The van der Waals surface area contributed by atoms with Crippen molar-refractivity contribution in [3.63, 3.8) is 0 Å². The van der Waals surface area contributed by atoms with Gasteiger partial charge in [-0.25, -0.2) is 13.8 Å². The zero-order chi connectivity index (χ0) is 32.7. The summed E-state index contributed by atoms with van der Waals surface area (Å²) in [5.41, 5.74) is 6.92. The predicted molar refractivity (Wildman–Crippen MR) is 173 cm³/mol. The number of fused-ring (bicyclic) bond motifs is 8. The number of aromatic nitrogens is 2. The number of piperidine rings is 1. The molecule has 2 aromatic heterocycles. The van der Waals surface area contributed by atoms with Crippen molar-refractivity contribution >= 4 is 17.4 Å². The van der Waals surface area contributed by atoms with Gasteiger partial charge in [-0.15, -0.1) is 0 Å². The van der Waals surface area contributed by atoms with Gasteiger partial charge in [0.25, 0.3) is 0 Å². The number of halogens is 2. The van der Waals surface area contributed by atoms with Gasteiger partial charge in [-0.05, 0) is 76.3 Å². The molecule has 4 aromatic rings. The van der Waals surface area contributed by atoms with Crippen molar-refractivity contribution in [2.24, 2.45) is 0 Å². The van der Waals surface area contributed by atoms with Crippen molar-refractivity contribution < 1.29 is 32.5 Å². The molecular weight excluding hydrogens is 592 g/mol. The van der Waals surface area contributed by atoms with Gasteiger partial charge in [0.1, 0.15) is 23.3 Å². The molecule has 1 saturated heterocycles. The molecule has 0 amide bonds. The van der Waals surface area contributed by atoms with Crippen LogP contribution in [0.1, 0.15) is 49.1 Å². The van der Waals surface area contributed by atoms with E-state index in [-0.39, 0.29) is 30.3 Å². The largest absolute Gasteiger partial charge is 0.488 e. The van der Waals surface area contributed by atoms with E-state index in [1.54, 1.807) is 0 Å².